The molecule has 0 unspecified atom stereocenters. The van der Waals surface area contributed by atoms with E-state index >= 15 is 0 Å². The lowest BCUT2D eigenvalue weighted by Crippen LogP contribution is -2.33. The summed E-state index contributed by atoms with van der Waals surface area (Å²) in [4.78, 5) is 41.5. The number of rotatable bonds is 7. The number of carboxylic acid groups (broad SMARTS) is 1. The van der Waals surface area contributed by atoms with Gasteiger partial charge in [0.25, 0.3) is 5.91 Å². The molecule has 4 aromatic rings. The minimum Gasteiger partial charge on any atom is -0.476 e. The fourth-order valence-corrected chi connectivity index (χ4v) is 5.79. The normalized spacial score (nSPS) is 14.1. The molecular formula is C32H34N6O3S. The molecule has 1 aliphatic rings. The molecule has 216 valence electrons. The highest BCUT2D eigenvalue weighted by Gasteiger charge is 2.26. The summed E-state index contributed by atoms with van der Waals surface area (Å²) in [5.41, 5.74) is 10.8. The largest absolute Gasteiger partial charge is 0.476 e. The Balaban J connectivity index is 1.42. The third kappa shape index (κ3) is 6.18. The van der Waals surface area contributed by atoms with E-state index in [1.165, 1.54) is 17.5 Å². The first-order chi connectivity index (χ1) is 20.0. The van der Waals surface area contributed by atoms with Gasteiger partial charge in [0.15, 0.2) is 10.8 Å². The van der Waals surface area contributed by atoms with Crippen molar-refractivity contribution in [1.82, 2.24) is 9.97 Å². The van der Waals surface area contributed by atoms with Crippen LogP contribution in [0.25, 0.3) is 15.8 Å². The van der Waals surface area contributed by atoms with Crippen LogP contribution in [0.1, 0.15) is 65.2 Å². The maximum absolute atomic E-state index is 13.4. The van der Waals surface area contributed by atoms with Crippen LogP contribution in [-0.2, 0) is 13.0 Å². The minimum absolute atomic E-state index is 0.0204. The van der Waals surface area contributed by atoms with E-state index < -0.39 is 5.97 Å². The molecule has 0 saturated carbocycles. The van der Waals surface area contributed by atoms with E-state index in [1.54, 1.807) is 12.1 Å². The molecule has 1 amide bonds. The standard InChI is InChI=1S/C32H34N6O3S/c1-19(34-18-32(2,3)4)23(16-33)21-12-13-27(36-28(21)30(40)41)38-15-14-20-8-7-9-22(24(20)17-38)29(39)37-31-35-25-10-5-6-11-26(25)42-31/h5-13,16H,14-15,17-18,33H2,1-4H3,(H,40,41)(H,35,37,39)/b23-16+,34-19?. The number of carbonyl (C=O) groups is 2. The highest BCUT2D eigenvalue weighted by Crippen LogP contribution is 2.30. The molecule has 42 heavy (non-hydrogen) atoms. The monoisotopic (exact) mass is 582 g/mol. The topological polar surface area (TPSA) is 134 Å². The molecule has 0 spiro atoms. The highest BCUT2D eigenvalue weighted by atomic mass is 32.1. The molecule has 0 atom stereocenters. The van der Waals surface area contributed by atoms with Crippen LogP contribution in [0.5, 0.6) is 0 Å². The van der Waals surface area contributed by atoms with Crippen LogP contribution >= 0.6 is 11.3 Å². The summed E-state index contributed by atoms with van der Waals surface area (Å²) in [6.45, 7) is 9.70. The Morgan fingerprint density at radius 1 is 1.10 bits per heavy atom. The van der Waals surface area contributed by atoms with Gasteiger partial charge in [0.2, 0.25) is 0 Å². The average molecular weight is 583 g/mol. The zero-order valence-corrected chi connectivity index (χ0v) is 25.0. The Morgan fingerprint density at radius 3 is 2.60 bits per heavy atom. The van der Waals surface area contributed by atoms with Gasteiger partial charge in [0, 0.05) is 48.2 Å². The molecule has 0 aliphatic carbocycles. The second kappa shape index (κ2) is 11.7. The van der Waals surface area contributed by atoms with Crippen molar-refractivity contribution in [3.8, 4) is 0 Å². The molecule has 0 bridgehead atoms. The van der Waals surface area contributed by atoms with Gasteiger partial charge < -0.3 is 15.7 Å². The summed E-state index contributed by atoms with van der Waals surface area (Å²) in [5, 5.41) is 13.6. The summed E-state index contributed by atoms with van der Waals surface area (Å²) >= 11 is 1.43. The number of carbonyl (C=O) groups excluding carboxylic acids is 1. The number of nitrogens with two attached hydrogens (primary N) is 1. The van der Waals surface area contributed by atoms with Gasteiger partial charge in [0.05, 0.1) is 10.2 Å². The SMILES string of the molecule is CC(=NCC(C)(C)C)/C(=C\N)c1ccc(N2CCc3cccc(C(=O)Nc4nc5ccccc5s4)c3C2)nc1C(=O)O. The number of aromatic carboxylic acids is 1. The fourth-order valence-electron chi connectivity index (χ4n) is 4.93. The van der Waals surface area contributed by atoms with E-state index in [9.17, 15) is 14.7 Å². The number of fused-ring (bicyclic) bond motifs is 2. The lowest BCUT2D eigenvalue weighted by Gasteiger charge is -2.31. The Hall–Kier alpha value is -4.57. The molecule has 0 radical (unpaired) electrons. The van der Waals surface area contributed by atoms with Gasteiger partial charge in [-0.3, -0.25) is 15.1 Å². The van der Waals surface area contributed by atoms with Crippen LogP contribution in [0.3, 0.4) is 0 Å². The number of anilines is 2. The lowest BCUT2D eigenvalue weighted by molar-refractivity contribution is 0.0690. The van der Waals surface area contributed by atoms with Crippen molar-refractivity contribution in [2.45, 2.75) is 40.7 Å². The van der Waals surface area contributed by atoms with Crippen molar-refractivity contribution in [1.29, 1.82) is 0 Å². The highest BCUT2D eigenvalue weighted by molar-refractivity contribution is 7.22. The van der Waals surface area contributed by atoms with Crippen molar-refractivity contribution < 1.29 is 14.7 Å². The van der Waals surface area contributed by atoms with E-state index in [0.29, 0.717) is 59.4 Å². The minimum atomic E-state index is -1.15. The van der Waals surface area contributed by atoms with Crippen LogP contribution in [0.4, 0.5) is 10.9 Å². The van der Waals surface area contributed by atoms with Gasteiger partial charge in [-0.2, -0.15) is 0 Å². The first kappa shape index (κ1) is 28.9. The number of carboxylic acids is 1. The number of aromatic nitrogens is 2. The molecular weight excluding hydrogens is 548 g/mol. The number of allylic oxidation sites excluding steroid dienone is 1. The number of pyridine rings is 1. The molecule has 2 aromatic heterocycles. The molecule has 4 N–H and O–H groups in total. The second-order valence-corrected chi connectivity index (χ2v) is 12.5. The van der Waals surface area contributed by atoms with Crippen LogP contribution in [0, 0.1) is 5.41 Å². The molecule has 5 rings (SSSR count). The van der Waals surface area contributed by atoms with Crippen LogP contribution in [-0.4, -0.2) is 45.8 Å². The number of hydrogen-bond donors (Lipinski definition) is 3. The van der Waals surface area contributed by atoms with Crippen molar-refractivity contribution >= 4 is 55.7 Å². The molecule has 10 heteroatoms. The quantitative estimate of drug-likeness (QED) is 0.227. The lowest BCUT2D eigenvalue weighted by atomic mass is 9.94. The van der Waals surface area contributed by atoms with Crippen molar-refractivity contribution in [2.75, 3.05) is 23.3 Å². The van der Waals surface area contributed by atoms with Crippen molar-refractivity contribution in [3.05, 3.63) is 88.7 Å². The van der Waals surface area contributed by atoms with E-state index in [1.807, 2.05) is 54.3 Å². The zero-order valence-electron chi connectivity index (χ0n) is 24.1. The predicted octanol–water partition coefficient (Wildman–Crippen LogP) is 6.01. The van der Waals surface area contributed by atoms with Gasteiger partial charge in [-0.25, -0.2) is 14.8 Å². The number of thiazole rings is 1. The summed E-state index contributed by atoms with van der Waals surface area (Å²) in [6, 6.07) is 17.0. The van der Waals surface area contributed by atoms with Crippen molar-refractivity contribution in [3.63, 3.8) is 0 Å². The number of aliphatic imine (C=N–C) groups is 1. The number of amides is 1. The van der Waals surface area contributed by atoms with Gasteiger partial charge in [0.1, 0.15) is 5.82 Å². The average Bonchev–Trinajstić information content (AvgIpc) is 3.37. The molecule has 1 aliphatic heterocycles. The van der Waals surface area contributed by atoms with Gasteiger partial charge in [-0.05, 0) is 60.2 Å². The van der Waals surface area contributed by atoms with E-state index in [2.05, 4.69) is 41.0 Å². The van der Waals surface area contributed by atoms with Crippen molar-refractivity contribution in [2.24, 2.45) is 16.1 Å². The van der Waals surface area contributed by atoms with Crippen LogP contribution in [0.15, 0.2) is 65.8 Å². The third-order valence-corrected chi connectivity index (χ3v) is 8.03. The molecule has 9 nitrogen and oxygen atoms in total. The summed E-state index contributed by atoms with van der Waals surface area (Å²) in [6.07, 6.45) is 2.08. The molecule has 0 saturated heterocycles. The Morgan fingerprint density at radius 2 is 1.88 bits per heavy atom. The maximum atomic E-state index is 13.4. The molecule has 0 fully saturated rings. The third-order valence-electron chi connectivity index (χ3n) is 7.08. The number of nitrogens with zero attached hydrogens (tertiary/aromatic N) is 4. The van der Waals surface area contributed by atoms with Gasteiger partial charge >= 0.3 is 5.97 Å². The number of para-hydroxylation sites is 1. The molecule has 3 heterocycles. The number of benzene rings is 2. The fraction of sp³-hybridized carbons (Fsp3) is 0.281. The number of nitrogens with one attached hydrogen (secondary N) is 1. The smallest absolute Gasteiger partial charge is 0.355 e. The van der Waals surface area contributed by atoms with E-state index in [4.69, 9.17) is 5.73 Å². The predicted molar refractivity (Wildman–Crippen MR) is 170 cm³/mol. The van der Waals surface area contributed by atoms with Crippen LogP contribution < -0.4 is 16.0 Å². The van der Waals surface area contributed by atoms with Crippen LogP contribution in [0.2, 0.25) is 0 Å². The maximum Gasteiger partial charge on any atom is 0.355 e. The summed E-state index contributed by atoms with van der Waals surface area (Å²) < 4.78 is 1.00. The summed E-state index contributed by atoms with van der Waals surface area (Å²) in [7, 11) is 0. The first-order valence-electron chi connectivity index (χ1n) is 13.7. The first-order valence-corrected chi connectivity index (χ1v) is 14.6. The Kier molecular flexibility index (Phi) is 8.08. The Labute approximate surface area is 248 Å². The molecule has 2 aromatic carbocycles. The zero-order chi connectivity index (χ0) is 30.0. The van der Waals surface area contributed by atoms with E-state index in [-0.39, 0.29) is 17.0 Å². The second-order valence-electron chi connectivity index (χ2n) is 11.5. The van der Waals surface area contributed by atoms with E-state index in [0.717, 1.165) is 21.3 Å². The Bertz CT molecular complexity index is 1700. The van der Waals surface area contributed by atoms with Gasteiger partial charge in [-0.15, -0.1) is 0 Å². The number of hydrogen-bond acceptors (Lipinski definition) is 8. The van der Waals surface area contributed by atoms with Gasteiger partial charge in [-0.1, -0.05) is 56.4 Å². The summed E-state index contributed by atoms with van der Waals surface area (Å²) in [5.74, 6) is -0.864.